The van der Waals surface area contributed by atoms with Crippen molar-refractivity contribution in [2.75, 3.05) is 19.0 Å². The lowest BCUT2D eigenvalue weighted by Gasteiger charge is -2.30. The Balaban J connectivity index is 1.70. The third-order valence-electron chi connectivity index (χ3n) is 4.22. The maximum absolute atomic E-state index is 12.7. The number of hydrogen-bond donors (Lipinski definition) is 1. The topological polar surface area (TPSA) is 41.6 Å². The molecule has 1 amide bonds. The minimum absolute atomic E-state index is 0.130. The minimum atomic E-state index is -0.286. The molecular weight excluding hydrogens is 308 g/mol. The third-order valence-corrected chi connectivity index (χ3v) is 5.24. The van der Waals surface area contributed by atoms with E-state index in [0.29, 0.717) is 6.54 Å². The lowest BCUT2D eigenvalue weighted by atomic mass is 10.1. The highest BCUT2D eigenvalue weighted by Gasteiger charge is 2.25. The van der Waals surface area contributed by atoms with Gasteiger partial charge in [0.2, 0.25) is 5.91 Å². The highest BCUT2D eigenvalue weighted by atomic mass is 32.1. The molecular formula is C18H22N2O2S. The predicted octanol–water partition coefficient (Wildman–Crippen LogP) is 3.45. The van der Waals surface area contributed by atoms with Crippen molar-refractivity contribution in [1.29, 1.82) is 0 Å². The van der Waals surface area contributed by atoms with Crippen LogP contribution in [0.2, 0.25) is 0 Å². The van der Waals surface area contributed by atoms with Crippen molar-refractivity contribution in [3.63, 3.8) is 0 Å². The standard InChI is InChI=1S/C18H22N2O2S/c1-12-4-5-16(22-3)15(10-12)19-13(2)18(21)20-8-6-17-14(11-20)7-9-23-17/h4-5,7,9-10,13,19H,6,8,11H2,1-3H3/t13-/m0/s1. The molecule has 0 saturated heterocycles. The maximum atomic E-state index is 12.7. The molecule has 2 heterocycles. The Kier molecular flexibility index (Phi) is 4.57. The van der Waals surface area contributed by atoms with Crippen LogP contribution in [-0.2, 0) is 17.8 Å². The summed E-state index contributed by atoms with van der Waals surface area (Å²) in [5.74, 6) is 0.888. The number of amides is 1. The number of carbonyl (C=O) groups excluding carboxylic acids is 1. The average molecular weight is 330 g/mol. The zero-order valence-corrected chi connectivity index (χ0v) is 14.6. The summed E-state index contributed by atoms with van der Waals surface area (Å²) in [4.78, 5) is 16.1. The Bertz CT molecular complexity index is 711. The summed E-state index contributed by atoms with van der Waals surface area (Å²) in [6.07, 6.45) is 0.958. The van der Waals surface area contributed by atoms with Crippen LogP contribution in [-0.4, -0.2) is 30.5 Å². The van der Waals surface area contributed by atoms with Crippen LogP contribution < -0.4 is 10.1 Å². The number of carbonyl (C=O) groups is 1. The largest absolute Gasteiger partial charge is 0.495 e. The number of benzene rings is 1. The molecule has 1 aliphatic heterocycles. The molecule has 0 spiro atoms. The smallest absolute Gasteiger partial charge is 0.245 e. The molecule has 1 atom stereocenters. The van der Waals surface area contributed by atoms with Crippen LogP contribution >= 0.6 is 11.3 Å². The second kappa shape index (κ2) is 6.62. The molecule has 0 unspecified atom stereocenters. The summed E-state index contributed by atoms with van der Waals surface area (Å²) >= 11 is 1.79. The van der Waals surface area contributed by atoms with E-state index < -0.39 is 0 Å². The second-order valence-corrected chi connectivity index (χ2v) is 6.95. The van der Waals surface area contributed by atoms with E-state index in [1.54, 1.807) is 18.4 Å². The van der Waals surface area contributed by atoms with Gasteiger partial charge in [-0.2, -0.15) is 0 Å². The fourth-order valence-corrected chi connectivity index (χ4v) is 3.83. The summed E-state index contributed by atoms with van der Waals surface area (Å²) in [6, 6.07) is 7.77. The van der Waals surface area contributed by atoms with Crippen molar-refractivity contribution in [2.24, 2.45) is 0 Å². The van der Waals surface area contributed by atoms with Gasteiger partial charge in [0, 0.05) is 18.0 Å². The zero-order valence-electron chi connectivity index (χ0n) is 13.8. The van der Waals surface area contributed by atoms with Crippen molar-refractivity contribution >= 4 is 22.9 Å². The van der Waals surface area contributed by atoms with E-state index in [1.165, 1.54) is 10.4 Å². The molecule has 1 aliphatic rings. The third kappa shape index (κ3) is 3.34. The van der Waals surface area contributed by atoms with E-state index in [-0.39, 0.29) is 11.9 Å². The molecule has 0 bridgehead atoms. The van der Waals surface area contributed by atoms with Crippen LogP contribution in [0.15, 0.2) is 29.6 Å². The number of methoxy groups -OCH3 is 1. The van der Waals surface area contributed by atoms with Crippen molar-refractivity contribution < 1.29 is 9.53 Å². The lowest BCUT2D eigenvalue weighted by molar-refractivity contribution is -0.132. The van der Waals surface area contributed by atoms with Crippen molar-refractivity contribution in [3.05, 3.63) is 45.6 Å². The molecule has 1 aromatic heterocycles. The maximum Gasteiger partial charge on any atom is 0.245 e. The Morgan fingerprint density at radius 2 is 2.22 bits per heavy atom. The van der Waals surface area contributed by atoms with Gasteiger partial charge in [0.05, 0.1) is 12.8 Å². The first-order chi connectivity index (χ1) is 11.1. The van der Waals surface area contributed by atoms with Crippen molar-refractivity contribution in [3.8, 4) is 5.75 Å². The SMILES string of the molecule is COc1ccc(C)cc1N[C@@H](C)C(=O)N1CCc2sccc2C1. The zero-order chi connectivity index (χ0) is 16.4. The molecule has 122 valence electrons. The quantitative estimate of drug-likeness (QED) is 0.933. The summed E-state index contributed by atoms with van der Waals surface area (Å²) in [6.45, 7) is 5.45. The molecule has 3 rings (SSSR count). The minimum Gasteiger partial charge on any atom is -0.495 e. The van der Waals surface area contributed by atoms with Crippen LogP contribution in [0.1, 0.15) is 22.9 Å². The molecule has 1 aromatic carbocycles. The van der Waals surface area contributed by atoms with Gasteiger partial charge in [-0.15, -0.1) is 11.3 Å². The van der Waals surface area contributed by atoms with Gasteiger partial charge in [0.25, 0.3) is 0 Å². The molecule has 23 heavy (non-hydrogen) atoms. The molecule has 0 saturated carbocycles. The molecule has 5 heteroatoms. The van der Waals surface area contributed by atoms with Gasteiger partial charge < -0.3 is 15.0 Å². The fourth-order valence-electron chi connectivity index (χ4n) is 2.94. The Morgan fingerprint density at radius 1 is 1.39 bits per heavy atom. The van der Waals surface area contributed by atoms with Crippen molar-refractivity contribution in [1.82, 2.24) is 4.90 Å². The van der Waals surface area contributed by atoms with E-state index in [0.717, 1.165) is 30.0 Å². The van der Waals surface area contributed by atoms with Crippen LogP contribution in [0.25, 0.3) is 0 Å². The normalized spacial score (nSPS) is 15.0. The molecule has 4 nitrogen and oxygen atoms in total. The number of rotatable bonds is 4. The van der Waals surface area contributed by atoms with Gasteiger partial charge in [-0.25, -0.2) is 0 Å². The number of hydrogen-bond acceptors (Lipinski definition) is 4. The summed E-state index contributed by atoms with van der Waals surface area (Å²) in [5, 5.41) is 5.41. The average Bonchev–Trinajstić information content (AvgIpc) is 3.01. The van der Waals surface area contributed by atoms with Crippen molar-refractivity contribution in [2.45, 2.75) is 32.9 Å². The number of aryl methyl sites for hydroxylation is 1. The molecule has 2 aromatic rings. The highest BCUT2D eigenvalue weighted by molar-refractivity contribution is 7.10. The number of fused-ring (bicyclic) bond motifs is 1. The Labute approximate surface area is 141 Å². The van der Waals surface area contributed by atoms with Gasteiger partial charge >= 0.3 is 0 Å². The van der Waals surface area contributed by atoms with E-state index in [9.17, 15) is 4.79 Å². The summed E-state index contributed by atoms with van der Waals surface area (Å²) in [7, 11) is 1.64. The number of anilines is 1. The first-order valence-corrected chi connectivity index (χ1v) is 8.71. The first-order valence-electron chi connectivity index (χ1n) is 7.83. The Hall–Kier alpha value is -2.01. The van der Waals surface area contributed by atoms with Gasteiger partial charge in [0.15, 0.2) is 0 Å². The van der Waals surface area contributed by atoms with E-state index in [4.69, 9.17) is 4.74 Å². The molecule has 0 aliphatic carbocycles. The van der Waals surface area contributed by atoms with E-state index >= 15 is 0 Å². The van der Waals surface area contributed by atoms with Gasteiger partial charge in [-0.05, 0) is 55.0 Å². The van der Waals surface area contributed by atoms with Crippen LogP contribution in [0, 0.1) is 6.92 Å². The summed E-state index contributed by atoms with van der Waals surface area (Å²) in [5.41, 5.74) is 3.28. The lowest BCUT2D eigenvalue weighted by Crippen LogP contribution is -2.43. The number of nitrogens with one attached hydrogen (secondary N) is 1. The van der Waals surface area contributed by atoms with Crippen LogP contribution in [0.5, 0.6) is 5.75 Å². The van der Waals surface area contributed by atoms with Crippen LogP contribution in [0.3, 0.4) is 0 Å². The fraction of sp³-hybridized carbons (Fsp3) is 0.389. The monoisotopic (exact) mass is 330 g/mol. The molecule has 0 radical (unpaired) electrons. The van der Waals surface area contributed by atoms with E-state index in [2.05, 4.69) is 16.8 Å². The molecule has 1 N–H and O–H groups in total. The van der Waals surface area contributed by atoms with Crippen LogP contribution in [0.4, 0.5) is 5.69 Å². The molecule has 0 fully saturated rings. The predicted molar refractivity (Wildman–Crippen MR) is 94.3 cm³/mol. The number of nitrogens with zero attached hydrogens (tertiary/aromatic N) is 1. The van der Waals surface area contributed by atoms with Gasteiger partial charge in [-0.3, -0.25) is 4.79 Å². The Morgan fingerprint density at radius 3 is 3.00 bits per heavy atom. The van der Waals surface area contributed by atoms with E-state index in [1.807, 2.05) is 36.9 Å². The number of thiophene rings is 1. The second-order valence-electron chi connectivity index (χ2n) is 5.95. The first kappa shape index (κ1) is 15.9. The summed E-state index contributed by atoms with van der Waals surface area (Å²) < 4.78 is 5.38. The van der Waals surface area contributed by atoms with Gasteiger partial charge in [0.1, 0.15) is 11.8 Å². The number of ether oxygens (including phenoxy) is 1. The van der Waals surface area contributed by atoms with Gasteiger partial charge in [-0.1, -0.05) is 6.07 Å². The highest BCUT2D eigenvalue weighted by Crippen LogP contribution is 2.27.